The van der Waals surface area contributed by atoms with Crippen LogP contribution in [0.3, 0.4) is 0 Å². The summed E-state index contributed by atoms with van der Waals surface area (Å²) in [6.45, 7) is 6.38. The monoisotopic (exact) mass is 534 g/mol. The van der Waals surface area contributed by atoms with Crippen LogP contribution in [-0.2, 0) is 22.6 Å². The Balaban J connectivity index is 1.31. The molecule has 0 bridgehead atoms. The summed E-state index contributed by atoms with van der Waals surface area (Å²) in [7, 11) is 0. The molecular weight excluding hydrogens is 500 g/mol. The number of nitrogens with zero attached hydrogens (tertiary/aromatic N) is 1. The topological polar surface area (TPSA) is 94.3 Å². The van der Waals surface area contributed by atoms with Crippen molar-refractivity contribution in [1.82, 2.24) is 20.5 Å². The summed E-state index contributed by atoms with van der Waals surface area (Å²) < 4.78 is 0. The molecule has 3 N–H and O–H groups in total. The lowest BCUT2D eigenvalue weighted by atomic mass is 9.89. The molecule has 3 amide bonds. The minimum Gasteiger partial charge on any atom is -0.356 e. The van der Waals surface area contributed by atoms with Crippen LogP contribution in [0.4, 0.5) is 0 Å². The van der Waals surface area contributed by atoms with Crippen LogP contribution in [0.25, 0.3) is 10.9 Å². The minimum absolute atomic E-state index is 0.0866. The maximum absolute atomic E-state index is 14.1. The Morgan fingerprint density at radius 1 is 1.02 bits per heavy atom. The summed E-state index contributed by atoms with van der Waals surface area (Å²) >= 11 is 0. The summed E-state index contributed by atoms with van der Waals surface area (Å²) in [5, 5.41) is 7.12. The van der Waals surface area contributed by atoms with E-state index in [1.807, 2.05) is 87.5 Å². The molecule has 4 atom stereocenters. The van der Waals surface area contributed by atoms with E-state index in [4.69, 9.17) is 0 Å². The molecule has 0 unspecified atom stereocenters. The Morgan fingerprint density at radius 2 is 1.75 bits per heavy atom. The van der Waals surface area contributed by atoms with Crippen molar-refractivity contribution in [2.75, 3.05) is 0 Å². The van der Waals surface area contributed by atoms with E-state index in [1.54, 1.807) is 4.90 Å². The van der Waals surface area contributed by atoms with E-state index in [0.29, 0.717) is 18.5 Å². The van der Waals surface area contributed by atoms with Crippen molar-refractivity contribution in [3.8, 4) is 0 Å². The van der Waals surface area contributed by atoms with Gasteiger partial charge in [-0.3, -0.25) is 14.4 Å². The zero-order valence-corrected chi connectivity index (χ0v) is 23.0. The number of fused-ring (bicyclic) bond motifs is 7. The van der Waals surface area contributed by atoms with E-state index >= 15 is 0 Å². The van der Waals surface area contributed by atoms with Crippen molar-refractivity contribution in [3.63, 3.8) is 0 Å². The number of carbonyl (C=O) groups is 3. The van der Waals surface area contributed by atoms with Gasteiger partial charge in [0.1, 0.15) is 12.1 Å². The van der Waals surface area contributed by atoms with Gasteiger partial charge in [0.05, 0.1) is 6.04 Å². The molecule has 0 radical (unpaired) electrons. The second kappa shape index (κ2) is 10.3. The van der Waals surface area contributed by atoms with Crippen molar-refractivity contribution in [1.29, 1.82) is 0 Å². The minimum atomic E-state index is -0.743. The van der Waals surface area contributed by atoms with Crippen molar-refractivity contribution in [3.05, 3.63) is 106 Å². The van der Waals surface area contributed by atoms with E-state index in [0.717, 1.165) is 45.3 Å². The zero-order valence-electron chi connectivity index (χ0n) is 23.0. The Hall–Kier alpha value is -4.39. The number of H-pyrrole nitrogens is 1. The number of rotatable bonds is 7. The molecule has 7 nitrogen and oxygen atoms in total. The van der Waals surface area contributed by atoms with Gasteiger partial charge in [0.25, 0.3) is 5.91 Å². The molecule has 2 aliphatic rings. The van der Waals surface area contributed by atoms with Crippen LogP contribution in [0.15, 0.2) is 72.8 Å². The van der Waals surface area contributed by atoms with Crippen LogP contribution in [0.1, 0.15) is 64.6 Å². The highest BCUT2D eigenvalue weighted by atomic mass is 16.2. The molecule has 4 aromatic rings. The van der Waals surface area contributed by atoms with Crippen molar-refractivity contribution >= 4 is 28.6 Å². The molecule has 0 saturated heterocycles. The molecule has 40 heavy (non-hydrogen) atoms. The van der Waals surface area contributed by atoms with Gasteiger partial charge < -0.3 is 20.5 Å². The standard InChI is InChI=1S/C33H34N4O3/c1-4-20(3)28(32(39)34-18-21-15-13-19(2)14-16-21)36-31(38)27-17-25-22-9-7-8-12-26(22)35-29(25)30-23-10-5-6-11-24(23)33(40)37(27)30/h5-16,20,27-28,30,35H,4,17-18H2,1-3H3,(H,34,39)(H,36,38)/t20-,27-,28-,30+/m0/s1. The number of carbonyl (C=O) groups excluding carboxylic acids is 3. The van der Waals surface area contributed by atoms with Crippen LogP contribution < -0.4 is 10.6 Å². The Bertz CT molecular complexity index is 1610. The van der Waals surface area contributed by atoms with Crippen molar-refractivity contribution in [2.24, 2.45) is 5.92 Å². The lowest BCUT2D eigenvalue weighted by molar-refractivity contribution is -0.133. The Kier molecular flexibility index (Phi) is 6.66. The van der Waals surface area contributed by atoms with Crippen LogP contribution in [0, 0.1) is 12.8 Å². The molecule has 0 fully saturated rings. The average Bonchev–Trinajstić information content (AvgIpc) is 3.50. The third kappa shape index (κ3) is 4.35. The van der Waals surface area contributed by atoms with Crippen molar-refractivity contribution in [2.45, 2.75) is 58.3 Å². The summed E-state index contributed by atoms with van der Waals surface area (Å²) in [6, 6.07) is 21.8. The van der Waals surface area contributed by atoms with E-state index < -0.39 is 12.1 Å². The molecule has 6 rings (SSSR count). The second-order valence-electron chi connectivity index (χ2n) is 11.1. The number of aryl methyl sites for hydroxylation is 1. The van der Waals surface area contributed by atoms with Crippen LogP contribution in [0.5, 0.6) is 0 Å². The third-order valence-corrected chi connectivity index (χ3v) is 8.54. The summed E-state index contributed by atoms with van der Waals surface area (Å²) in [6.07, 6.45) is 1.09. The molecule has 2 aliphatic heterocycles. The number of amides is 3. The largest absolute Gasteiger partial charge is 0.356 e. The van der Waals surface area contributed by atoms with Gasteiger partial charge >= 0.3 is 0 Å². The number of hydrogen-bond donors (Lipinski definition) is 3. The van der Waals surface area contributed by atoms with Gasteiger partial charge in [0.15, 0.2) is 0 Å². The number of nitrogens with one attached hydrogen (secondary N) is 3. The fourth-order valence-electron chi connectivity index (χ4n) is 6.09. The highest BCUT2D eigenvalue weighted by molar-refractivity contribution is 6.04. The van der Waals surface area contributed by atoms with Gasteiger partial charge in [-0.2, -0.15) is 0 Å². The molecule has 204 valence electrons. The summed E-state index contributed by atoms with van der Waals surface area (Å²) in [5.41, 5.74) is 6.65. The van der Waals surface area contributed by atoms with Gasteiger partial charge in [0, 0.05) is 35.1 Å². The number of hydrogen-bond acceptors (Lipinski definition) is 3. The molecule has 0 saturated carbocycles. The lowest BCUT2D eigenvalue weighted by Crippen LogP contribution is -2.58. The maximum atomic E-state index is 14.1. The zero-order chi connectivity index (χ0) is 28.0. The third-order valence-electron chi connectivity index (χ3n) is 8.54. The predicted molar refractivity (Wildman–Crippen MR) is 155 cm³/mol. The summed E-state index contributed by atoms with van der Waals surface area (Å²) in [5.74, 6) is -0.775. The van der Waals surface area contributed by atoms with Gasteiger partial charge in [-0.05, 0) is 41.7 Å². The average molecular weight is 535 g/mol. The van der Waals surface area contributed by atoms with Crippen LogP contribution in [0.2, 0.25) is 0 Å². The number of aromatic amines is 1. The van der Waals surface area contributed by atoms with Gasteiger partial charge in [-0.1, -0.05) is 86.5 Å². The highest BCUT2D eigenvalue weighted by Gasteiger charge is 2.49. The second-order valence-corrected chi connectivity index (χ2v) is 11.1. The lowest BCUT2D eigenvalue weighted by Gasteiger charge is -2.38. The summed E-state index contributed by atoms with van der Waals surface area (Å²) in [4.78, 5) is 46.4. The number of aromatic nitrogens is 1. The number of para-hydroxylation sites is 1. The van der Waals surface area contributed by atoms with Crippen molar-refractivity contribution < 1.29 is 14.4 Å². The Morgan fingerprint density at radius 3 is 2.52 bits per heavy atom. The van der Waals surface area contributed by atoms with E-state index in [1.165, 1.54) is 0 Å². The molecular formula is C33H34N4O3. The Labute approximate surface area is 234 Å². The fourth-order valence-corrected chi connectivity index (χ4v) is 6.09. The SMILES string of the molecule is CC[C@H](C)[C@H](NC(=O)[C@@H]1Cc2c([nH]c3ccccc23)[C@H]2c3ccccc3C(=O)N21)C(=O)NCc1ccc(C)cc1. The van der Waals surface area contributed by atoms with Gasteiger partial charge in [-0.15, -0.1) is 0 Å². The van der Waals surface area contributed by atoms with E-state index in [9.17, 15) is 14.4 Å². The fraction of sp³-hybridized carbons (Fsp3) is 0.303. The normalized spacial score (nSPS) is 19.0. The van der Waals surface area contributed by atoms with E-state index in [2.05, 4.69) is 21.7 Å². The molecule has 7 heteroatoms. The highest BCUT2D eigenvalue weighted by Crippen LogP contribution is 2.46. The van der Waals surface area contributed by atoms with E-state index in [-0.39, 0.29) is 29.7 Å². The number of benzene rings is 3. The predicted octanol–water partition coefficient (Wildman–Crippen LogP) is 4.79. The van der Waals surface area contributed by atoms with Crippen LogP contribution >= 0.6 is 0 Å². The molecule has 0 aliphatic carbocycles. The molecule has 3 heterocycles. The van der Waals surface area contributed by atoms with Gasteiger partial charge in [-0.25, -0.2) is 0 Å². The first kappa shape index (κ1) is 25.9. The first-order chi connectivity index (χ1) is 19.4. The first-order valence-electron chi connectivity index (χ1n) is 14.0. The molecule has 0 spiro atoms. The smallest absolute Gasteiger partial charge is 0.255 e. The first-order valence-corrected chi connectivity index (χ1v) is 14.0. The quantitative estimate of drug-likeness (QED) is 0.318. The van der Waals surface area contributed by atoms with Gasteiger partial charge in [0.2, 0.25) is 11.8 Å². The molecule has 1 aromatic heterocycles. The maximum Gasteiger partial charge on any atom is 0.255 e. The van der Waals surface area contributed by atoms with Crippen LogP contribution in [-0.4, -0.2) is 39.7 Å². The molecule has 3 aromatic carbocycles.